The highest BCUT2D eigenvalue weighted by atomic mass is 16.5. The number of ether oxygens (including phenoxy) is 1. The summed E-state index contributed by atoms with van der Waals surface area (Å²) in [6.45, 7) is 7.34. The van der Waals surface area contributed by atoms with Crippen molar-refractivity contribution in [1.82, 2.24) is 4.98 Å². The summed E-state index contributed by atoms with van der Waals surface area (Å²) in [6.07, 6.45) is 0. The first-order valence-corrected chi connectivity index (χ1v) is 6.40. The number of anilines is 1. The maximum atomic E-state index is 11.8. The molecule has 1 atom stereocenters. The lowest BCUT2D eigenvalue weighted by atomic mass is 10.0. The van der Waals surface area contributed by atoms with E-state index in [9.17, 15) is 9.59 Å². The van der Waals surface area contributed by atoms with E-state index in [-0.39, 0.29) is 5.92 Å². The number of hydrogen-bond acceptors (Lipinski definition) is 5. The van der Waals surface area contributed by atoms with Crippen LogP contribution in [0, 0.1) is 19.8 Å². The van der Waals surface area contributed by atoms with E-state index in [4.69, 9.17) is 10.5 Å². The second kappa shape index (κ2) is 6.36. The largest absolute Gasteiger partial charge is 0.467 e. The number of methoxy groups -OCH3 is 1. The normalized spacial score (nSPS) is 12.1. The SMILES string of the molecule is COC(=O)C(Nc1nc(C)cc(C)c1C(N)=O)C(C)C. The molecule has 1 unspecified atom stereocenters. The third-order valence-corrected chi connectivity index (χ3v) is 3.01. The summed E-state index contributed by atoms with van der Waals surface area (Å²) >= 11 is 0. The standard InChI is InChI=1S/C14H21N3O3/c1-7(2)11(14(19)20-5)17-13-10(12(15)18)8(3)6-9(4)16-13/h6-7,11H,1-5H3,(H2,15,18)(H,16,17). The maximum absolute atomic E-state index is 11.8. The molecule has 110 valence electrons. The molecule has 3 N–H and O–H groups in total. The van der Waals surface area contributed by atoms with E-state index in [1.165, 1.54) is 7.11 Å². The smallest absolute Gasteiger partial charge is 0.328 e. The van der Waals surface area contributed by atoms with Crippen LogP contribution >= 0.6 is 0 Å². The number of nitrogens with zero attached hydrogens (tertiary/aromatic N) is 1. The van der Waals surface area contributed by atoms with Gasteiger partial charge in [0.1, 0.15) is 11.9 Å². The lowest BCUT2D eigenvalue weighted by molar-refractivity contribution is -0.142. The molecule has 20 heavy (non-hydrogen) atoms. The first kappa shape index (κ1) is 15.9. The number of hydrogen-bond donors (Lipinski definition) is 2. The minimum atomic E-state index is -0.591. The van der Waals surface area contributed by atoms with E-state index >= 15 is 0 Å². The van der Waals surface area contributed by atoms with Gasteiger partial charge < -0.3 is 15.8 Å². The molecule has 1 aromatic heterocycles. The number of esters is 1. The summed E-state index contributed by atoms with van der Waals surface area (Å²) in [5.74, 6) is -0.689. The average Bonchev–Trinajstić information content (AvgIpc) is 2.33. The van der Waals surface area contributed by atoms with Crippen LogP contribution in [-0.4, -0.2) is 30.0 Å². The Bertz CT molecular complexity index is 527. The Morgan fingerprint density at radius 3 is 2.40 bits per heavy atom. The van der Waals surface area contributed by atoms with Crippen molar-refractivity contribution in [2.45, 2.75) is 33.7 Å². The molecule has 1 heterocycles. The second-order valence-electron chi connectivity index (χ2n) is 5.06. The lowest BCUT2D eigenvalue weighted by Crippen LogP contribution is -2.36. The Kier molecular flexibility index (Phi) is 5.07. The van der Waals surface area contributed by atoms with Gasteiger partial charge in [0.15, 0.2) is 0 Å². The van der Waals surface area contributed by atoms with Gasteiger partial charge in [0.25, 0.3) is 5.91 Å². The van der Waals surface area contributed by atoms with Gasteiger partial charge in [-0.15, -0.1) is 0 Å². The molecule has 0 aromatic carbocycles. The average molecular weight is 279 g/mol. The Hall–Kier alpha value is -2.11. The fourth-order valence-electron chi connectivity index (χ4n) is 2.02. The van der Waals surface area contributed by atoms with Crippen molar-refractivity contribution >= 4 is 17.7 Å². The predicted molar refractivity (Wildman–Crippen MR) is 76.5 cm³/mol. The number of rotatable bonds is 5. The quantitative estimate of drug-likeness (QED) is 0.795. The van der Waals surface area contributed by atoms with Crippen molar-refractivity contribution in [2.75, 3.05) is 12.4 Å². The van der Waals surface area contributed by atoms with Crippen LogP contribution in [0.25, 0.3) is 0 Å². The van der Waals surface area contributed by atoms with Crippen LogP contribution in [0.3, 0.4) is 0 Å². The summed E-state index contributed by atoms with van der Waals surface area (Å²) < 4.78 is 4.76. The highest BCUT2D eigenvalue weighted by molar-refractivity contribution is 5.99. The molecule has 6 nitrogen and oxygen atoms in total. The number of pyridine rings is 1. The number of primary amides is 1. The molecule has 6 heteroatoms. The number of amides is 1. The summed E-state index contributed by atoms with van der Waals surface area (Å²) in [7, 11) is 1.32. The van der Waals surface area contributed by atoms with Gasteiger partial charge in [-0.2, -0.15) is 0 Å². The Balaban J connectivity index is 3.24. The number of aryl methyl sites for hydroxylation is 2. The van der Waals surface area contributed by atoms with Crippen molar-refractivity contribution in [3.63, 3.8) is 0 Å². The van der Waals surface area contributed by atoms with Gasteiger partial charge in [-0.3, -0.25) is 4.79 Å². The molecule has 0 saturated carbocycles. The van der Waals surface area contributed by atoms with Gasteiger partial charge >= 0.3 is 5.97 Å². The topological polar surface area (TPSA) is 94.3 Å². The van der Waals surface area contributed by atoms with Crippen molar-refractivity contribution in [1.29, 1.82) is 0 Å². The number of carbonyl (C=O) groups is 2. The fraction of sp³-hybridized carbons (Fsp3) is 0.500. The van der Waals surface area contributed by atoms with Crippen LogP contribution in [0.1, 0.15) is 35.5 Å². The number of aromatic nitrogens is 1. The molecular weight excluding hydrogens is 258 g/mol. The van der Waals surface area contributed by atoms with Gasteiger partial charge in [0.05, 0.1) is 12.7 Å². The van der Waals surface area contributed by atoms with Crippen LogP contribution in [0.15, 0.2) is 6.07 Å². The Labute approximate surface area is 118 Å². The first-order valence-electron chi connectivity index (χ1n) is 6.40. The van der Waals surface area contributed by atoms with E-state index < -0.39 is 17.9 Å². The fourth-order valence-corrected chi connectivity index (χ4v) is 2.02. The number of nitrogens with one attached hydrogen (secondary N) is 1. The molecule has 1 aromatic rings. The predicted octanol–water partition coefficient (Wildman–Crippen LogP) is 1.41. The van der Waals surface area contributed by atoms with E-state index in [1.54, 1.807) is 13.0 Å². The van der Waals surface area contributed by atoms with Crippen LogP contribution < -0.4 is 11.1 Å². The van der Waals surface area contributed by atoms with Crippen molar-refractivity contribution in [3.8, 4) is 0 Å². The maximum Gasteiger partial charge on any atom is 0.328 e. The minimum absolute atomic E-state index is 0.0224. The zero-order valence-corrected chi connectivity index (χ0v) is 12.5. The summed E-state index contributed by atoms with van der Waals surface area (Å²) in [5, 5.41) is 2.97. The van der Waals surface area contributed by atoms with Crippen LogP contribution in [0.5, 0.6) is 0 Å². The lowest BCUT2D eigenvalue weighted by Gasteiger charge is -2.22. The summed E-state index contributed by atoms with van der Waals surface area (Å²) in [5.41, 5.74) is 7.15. The number of nitrogens with two attached hydrogens (primary N) is 1. The summed E-state index contributed by atoms with van der Waals surface area (Å²) in [4.78, 5) is 27.6. The van der Waals surface area contributed by atoms with Crippen molar-refractivity contribution in [3.05, 3.63) is 22.9 Å². The highest BCUT2D eigenvalue weighted by Crippen LogP contribution is 2.21. The molecule has 0 aliphatic heterocycles. The zero-order valence-electron chi connectivity index (χ0n) is 12.5. The molecule has 0 aliphatic carbocycles. The van der Waals surface area contributed by atoms with Gasteiger partial charge in [-0.1, -0.05) is 13.8 Å². The van der Waals surface area contributed by atoms with Crippen LogP contribution in [0.4, 0.5) is 5.82 Å². The second-order valence-corrected chi connectivity index (χ2v) is 5.06. The first-order chi connectivity index (χ1) is 9.27. The molecule has 1 amide bonds. The van der Waals surface area contributed by atoms with Crippen molar-refractivity contribution in [2.24, 2.45) is 11.7 Å². The van der Waals surface area contributed by atoms with Gasteiger partial charge in [0.2, 0.25) is 0 Å². The molecule has 0 saturated heterocycles. The zero-order chi connectivity index (χ0) is 15.4. The molecule has 0 fully saturated rings. The van der Waals surface area contributed by atoms with Crippen LogP contribution in [-0.2, 0) is 9.53 Å². The number of carbonyl (C=O) groups excluding carboxylic acids is 2. The van der Waals surface area contributed by atoms with Gasteiger partial charge in [-0.05, 0) is 31.4 Å². The molecule has 0 aliphatic rings. The van der Waals surface area contributed by atoms with E-state index in [1.807, 2.05) is 20.8 Å². The van der Waals surface area contributed by atoms with E-state index in [0.717, 1.165) is 11.3 Å². The minimum Gasteiger partial charge on any atom is -0.467 e. The molecule has 0 spiro atoms. The monoisotopic (exact) mass is 279 g/mol. The molecule has 0 bridgehead atoms. The third-order valence-electron chi connectivity index (χ3n) is 3.01. The Morgan fingerprint density at radius 2 is 1.95 bits per heavy atom. The van der Waals surface area contributed by atoms with Gasteiger partial charge in [0, 0.05) is 5.69 Å². The van der Waals surface area contributed by atoms with Gasteiger partial charge in [-0.25, -0.2) is 9.78 Å². The Morgan fingerprint density at radius 1 is 1.35 bits per heavy atom. The van der Waals surface area contributed by atoms with E-state index in [0.29, 0.717) is 11.4 Å². The third kappa shape index (κ3) is 3.46. The van der Waals surface area contributed by atoms with E-state index in [2.05, 4.69) is 10.3 Å². The highest BCUT2D eigenvalue weighted by Gasteiger charge is 2.25. The molecular formula is C14H21N3O3. The summed E-state index contributed by atoms with van der Waals surface area (Å²) in [6, 6.07) is 1.18. The van der Waals surface area contributed by atoms with Crippen LogP contribution in [0.2, 0.25) is 0 Å². The van der Waals surface area contributed by atoms with Crippen molar-refractivity contribution < 1.29 is 14.3 Å². The molecule has 1 rings (SSSR count). The molecule has 0 radical (unpaired) electrons.